The first-order valence-electron chi connectivity index (χ1n) is 20.1. The van der Waals surface area contributed by atoms with E-state index in [2.05, 4.69) is 31.5 Å². The molecule has 1 saturated heterocycles. The maximum absolute atomic E-state index is 14.5. The van der Waals surface area contributed by atoms with Gasteiger partial charge in [0.1, 0.15) is 29.3 Å². The topological polar surface area (TPSA) is 232 Å². The summed E-state index contributed by atoms with van der Waals surface area (Å²) >= 11 is 6.34. The summed E-state index contributed by atoms with van der Waals surface area (Å²) in [6.07, 6.45) is 0.865. The van der Waals surface area contributed by atoms with Crippen LogP contribution in [0.3, 0.4) is 0 Å². The van der Waals surface area contributed by atoms with Crippen molar-refractivity contribution in [3.8, 4) is 5.69 Å². The summed E-state index contributed by atoms with van der Waals surface area (Å²) in [5, 5.41) is 29.5. The number of benzene rings is 3. The quantitative estimate of drug-likeness (QED) is 0.0921. The van der Waals surface area contributed by atoms with Gasteiger partial charge in [-0.1, -0.05) is 23.7 Å². The van der Waals surface area contributed by atoms with Gasteiger partial charge in [-0.25, -0.2) is 19.0 Å². The number of ether oxygens (including phenoxy) is 2. The molecule has 1 aliphatic heterocycles. The smallest absolute Gasteiger partial charge is 0.419 e. The number of amides is 5. The molecule has 19 nitrogen and oxygen atoms in total. The van der Waals surface area contributed by atoms with Gasteiger partial charge in [-0.05, 0) is 125 Å². The first-order chi connectivity index (χ1) is 29.7. The number of piperazine rings is 1. The van der Waals surface area contributed by atoms with Crippen molar-refractivity contribution in [3.63, 3.8) is 0 Å². The number of fused-ring (bicyclic) bond motifs is 1. The zero-order chi connectivity index (χ0) is 45.8. The van der Waals surface area contributed by atoms with Crippen LogP contribution >= 0.6 is 11.6 Å². The summed E-state index contributed by atoms with van der Waals surface area (Å²) in [7, 11) is 0. The highest BCUT2D eigenvalue weighted by molar-refractivity contribution is 6.41. The van der Waals surface area contributed by atoms with E-state index in [0.29, 0.717) is 39.3 Å². The fourth-order valence-electron chi connectivity index (χ4n) is 6.81. The van der Waals surface area contributed by atoms with E-state index in [-0.39, 0.29) is 49.2 Å². The van der Waals surface area contributed by atoms with Crippen LogP contribution in [0.5, 0.6) is 0 Å². The summed E-state index contributed by atoms with van der Waals surface area (Å²) in [5.41, 5.74) is 0.444. The first kappa shape index (κ1) is 45.7. The van der Waals surface area contributed by atoms with Crippen LogP contribution in [0.2, 0.25) is 5.02 Å². The summed E-state index contributed by atoms with van der Waals surface area (Å²) in [6.45, 7) is 11.8. The number of hydrogen-bond acceptors (Lipinski definition) is 12. The molecule has 2 atom stereocenters. The van der Waals surface area contributed by atoms with Gasteiger partial charge in [0.2, 0.25) is 5.91 Å². The lowest BCUT2D eigenvalue weighted by molar-refractivity contribution is -0.149. The van der Waals surface area contributed by atoms with Gasteiger partial charge in [0.15, 0.2) is 0 Å². The van der Waals surface area contributed by atoms with Crippen LogP contribution in [0.15, 0.2) is 73.1 Å². The molecular formula is C43H49ClN10O9. The van der Waals surface area contributed by atoms with E-state index < -0.39 is 53.1 Å². The third-order valence-electron chi connectivity index (χ3n) is 9.59. The number of halogens is 1. The number of rotatable bonds is 12. The SMILES string of the molecule is C[C@@H](CCO)NC(=O)Nc1ccc(C[C@@H](C(=O)Nc2ccc3c(c2)cc(C(=O)OC(C)(C)C)n3C(=O)OC(C)(C)C)N2CCN(c3cc(Cl)ccc3-n3cnnn3)C(=O)C2=O)cc1. The minimum Gasteiger partial charge on any atom is -0.455 e. The van der Waals surface area contributed by atoms with Gasteiger partial charge in [0, 0.05) is 53.9 Å². The predicted octanol–water partition coefficient (Wildman–Crippen LogP) is 5.33. The lowest BCUT2D eigenvalue weighted by Crippen LogP contribution is -2.60. The number of anilines is 3. The molecule has 0 radical (unpaired) electrons. The second-order valence-electron chi connectivity index (χ2n) is 16.9. The Kier molecular flexibility index (Phi) is 13.5. The molecule has 1 aliphatic rings. The monoisotopic (exact) mass is 884 g/mol. The molecule has 0 bridgehead atoms. The van der Waals surface area contributed by atoms with Crippen LogP contribution < -0.4 is 20.9 Å². The van der Waals surface area contributed by atoms with Crippen molar-refractivity contribution in [2.45, 2.75) is 84.6 Å². The summed E-state index contributed by atoms with van der Waals surface area (Å²) in [6, 6.07) is 15.5. The van der Waals surface area contributed by atoms with Crippen molar-refractivity contribution in [2.75, 3.05) is 35.2 Å². The fourth-order valence-corrected chi connectivity index (χ4v) is 6.97. The lowest BCUT2D eigenvalue weighted by Gasteiger charge is -2.38. The third-order valence-corrected chi connectivity index (χ3v) is 9.83. The second kappa shape index (κ2) is 18.6. The number of aromatic nitrogens is 5. The minimum absolute atomic E-state index is 0.0198. The van der Waals surface area contributed by atoms with E-state index >= 15 is 0 Å². The normalized spacial score (nSPS) is 14.3. The minimum atomic E-state index is -1.23. The fraction of sp³-hybridized carbons (Fsp3) is 0.372. The Hall–Kier alpha value is -6.86. The third kappa shape index (κ3) is 11.2. The van der Waals surface area contributed by atoms with Crippen LogP contribution in [0, 0.1) is 0 Å². The first-order valence-corrected chi connectivity index (χ1v) is 20.4. The van der Waals surface area contributed by atoms with Gasteiger partial charge in [-0.2, -0.15) is 4.68 Å². The number of esters is 1. The average molecular weight is 885 g/mol. The molecule has 1 fully saturated rings. The molecule has 4 N–H and O–H groups in total. The van der Waals surface area contributed by atoms with Gasteiger partial charge < -0.3 is 40.3 Å². The molecule has 2 aromatic heterocycles. The number of nitrogens with one attached hydrogen (secondary N) is 3. The largest absolute Gasteiger partial charge is 0.455 e. The van der Waals surface area contributed by atoms with Gasteiger partial charge >= 0.3 is 29.9 Å². The van der Waals surface area contributed by atoms with E-state index in [1.165, 1.54) is 39.0 Å². The van der Waals surface area contributed by atoms with E-state index in [1.807, 2.05) is 0 Å². The summed E-state index contributed by atoms with van der Waals surface area (Å²) in [5.74, 6) is -3.28. The average Bonchev–Trinajstić information content (AvgIpc) is 3.86. The van der Waals surface area contributed by atoms with Crippen molar-refractivity contribution in [1.82, 2.24) is 35.0 Å². The van der Waals surface area contributed by atoms with Crippen molar-refractivity contribution < 1.29 is 43.3 Å². The molecule has 5 aromatic rings. The number of tetrazole rings is 1. The molecule has 332 valence electrons. The molecule has 3 heterocycles. The number of aliphatic hydroxyl groups excluding tert-OH is 1. The molecule has 5 amide bonds. The zero-order valence-corrected chi connectivity index (χ0v) is 36.6. The molecule has 0 saturated carbocycles. The van der Waals surface area contributed by atoms with Gasteiger partial charge in [0.05, 0.1) is 16.9 Å². The molecule has 3 aromatic carbocycles. The van der Waals surface area contributed by atoms with Crippen LogP contribution in [0.1, 0.15) is 70.9 Å². The number of carbonyl (C=O) groups excluding carboxylic acids is 6. The Morgan fingerprint density at radius 1 is 0.841 bits per heavy atom. The lowest BCUT2D eigenvalue weighted by atomic mass is 10.0. The Morgan fingerprint density at radius 3 is 2.19 bits per heavy atom. The molecule has 0 unspecified atom stereocenters. The highest BCUT2D eigenvalue weighted by Gasteiger charge is 2.41. The van der Waals surface area contributed by atoms with Crippen molar-refractivity contribution in [1.29, 1.82) is 0 Å². The number of carbonyl (C=O) groups is 6. The van der Waals surface area contributed by atoms with E-state index in [0.717, 1.165) is 4.57 Å². The molecule has 6 rings (SSSR count). The van der Waals surface area contributed by atoms with Crippen LogP contribution in [-0.2, 0) is 30.3 Å². The Balaban J connectivity index is 1.31. The van der Waals surface area contributed by atoms with Crippen LogP contribution in [0.4, 0.5) is 26.7 Å². The predicted molar refractivity (Wildman–Crippen MR) is 233 cm³/mol. The van der Waals surface area contributed by atoms with Crippen molar-refractivity contribution in [2.24, 2.45) is 0 Å². The molecule has 0 aliphatic carbocycles. The molecule has 20 heteroatoms. The zero-order valence-electron chi connectivity index (χ0n) is 35.8. The number of nitrogens with zero attached hydrogens (tertiary/aromatic N) is 7. The van der Waals surface area contributed by atoms with Gasteiger partial charge in [-0.15, -0.1) is 5.10 Å². The molecule has 0 spiro atoms. The second-order valence-corrected chi connectivity index (χ2v) is 17.3. The van der Waals surface area contributed by atoms with E-state index in [4.69, 9.17) is 21.1 Å². The van der Waals surface area contributed by atoms with Crippen molar-refractivity contribution >= 4 is 75.4 Å². The number of urea groups is 1. The van der Waals surface area contributed by atoms with Gasteiger partial charge in [0.25, 0.3) is 0 Å². The summed E-state index contributed by atoms with van der Waals surface area (Å²) in [4.78, 5) is 84.5. The Bertz CT molecular complexity index is 2530. The van der Waals surface area contributed by atoms with Gasteiger partial charge in [-0.3, -0.25) is 14.4 Å². The van der Waals surface area contributed by atoms with E-state index in [1.54, 1.807) is 97.0 Å². The highest BCUT2D eigenvalue weighted by atomic mass is 35.5. The Morgan fingerprint density at radius 2 is 1.54 bits per heavy atom. The van der Waals surface area contributed by atoms with E-state index in [9.17, 15) is 33.9 Å². The standard InChI is InChI=1S/C43H49ClN10O9/c1-25(16-19-55)46-40(60)48-29-11-8-26(9-12-29)20-34(52-18-17-51(37(57)38(52)58)33-23-28(44)10-14-32(33)53-24-45-49-50-53)36(56)47-30-13-15-31-27(21-30)22-35(39(59)62-42(2,3)4)54(31)41(61)63-43(5,6)7/h8-15,21-25,34,55H,16-20H2,1-7H3,(H,47,56)(H2,46,48,60)/t25-,34-/m0/s1. The number of hydrogen-bond donors (Lipinski definition) is 4. The molecular weight excluding hydrogens is 836 g/mol. The maximum Gasteiger partial charge on any atom is 0.419 e. The summed E-state index contributed by atoms with van der Waals surface area (Å²) < 4.78 is 13.7. The number of aliphatic hydroxyl groups is 1. The van der Waals surface area contributed by atoms with Crippen LogP contribution in [0.25, 0.3) is 16.6 Å². The van der Waals surface area contributed by atoms with Crippen LogP contribution in [-0.4, -0.2) is 114 Å². The molecule has 63 heavy (non-hydrogen) atoms. The maximum atomic E-state index is 14.5. The Labute approximate surface area is 367 Å². The van der Waals surface area contributed by atoms with Crippen molar-refractivity contribution in [3.05, 3.63) is 89.3 Å². The highest BCUT2D eigenvalue weighted by Crippen LogP contribution is 2.31.